The molecule has 1 aromatic rings. The number of hydrogen-bond donors (Lipinski definition) is 1. The first-order valence-electron chi connectivity index (χ1n) is 9.58. The molecule has 0 radical (unpaired) electrons. The predicted octanol–water partition coefficient (Wildman–Crippen LogP) is 2.09. The molecule has 0 aliphatic carbocycles. The Morgan fingerprint density at radius 2 is 2.04 bits per heavy atom. The highest BCUT2D eigenvalue weighted by Crippen LogP contribution is 2.32. The van der Waals surface area contributed by atoms with Gasteiger partial charge in [-0.15, -0.1) is 0 Å². The molecule has 0 aromatic heterocycles. The Morgan fingerprint density at radius 1 is 1.30 bits per heavy atom. The van der Waals surface area contributed by atoms with Crippen molar-refractivity contribution < 1.29 is 22.7 Å². The molecule has 2 heterocycles. The van der Waals surface area contributed by atoms with Gasteiger partial charge in [0.25, 0.3) is 0 Å². The number of fused-ring (bicyclic) bond motifs is 1. The number of ether oxygens (including phenoxy) is 2. The topological polar surface area (TPSA) is 84.9 Å². The smallest absolute Gasteiger partial charge is 0.224 e. The Bertz CT molecular complexity index is 780. The summed E-state index contributed by atoms with van der Waals surface area (Å²) in [5, 5.41) is 3.02. The fraction of sp³-hybridized carbons (Fsp3) is 0.632. The third kappa shape index (κ3) is 4.73. The van der Waals surface area contributed by atoms with Crippen molar-refractivity contribution in [3.05, 3.63) is 23.8 Å². The average Bonchev–Trinajstić information content (AvgIpc) is 2.67. The molecule has 0 unspecified atom stereocenters. The van der Waals surface area contributed by atoms with Gasteiger partial charge in [0, 0.05) is 13.1 Å². The van der Waals surface area contributed by atoms with Crippen LogP contribution in [0.15, 0.2) is 18.2 Å². The van der Waals surface area contributed by atoms with Gasteiger partial charge in [-0.1, -0.05) is 13.0 Å². The minimum absolute atomic E-state index is 0.103. The summed E-state index contributed by atoms with van der Waals surface area (Å²) >= 11 is 0. The Morgan fingerprint density at radius 3 is 2.78 bits per heavy atom. The minimum Gasteiger partial charge on any atom is -0.486 e. The molecule has 1 amide bonds. The van der Waals surface area contributed by atoms with Crippen LogP contribution in [-0.4, -0.2) is 50.7 Å². The molecule has 27 heavy (non-hydrogen) atoms. The van der Waals surface area contributed by atoms with Crippen LogP contribution in [0.3, 0.4) is 0 Å². The molecule has 0 spiro atoms. The lowest BCUT2D eigenvalue weighted by Crippen LogP contribution is -2.46. The molecule has 0 saturated carbocycles. The molecule has 1 N–H and O–H groups in total. The molecule has 1 aromatic carbocycles. The number of carbonyl (C=O) groups is 1. The summed E-state index contributed by atoms with van der Waals surface area (Å²) in [6.07, 6.45) is 1.99. The lowest BCUT2D eigenvalue weighted by atomic mass is 9.97. The van der Waals surface area contributed by atoms with Crippen molar-refractivity contribution in [2.45, 2.75) is 39.2 Å². The maximum absolute atomic E-state index is 12.7. The zero-order chi connectivity index (χ0) is 19.4. The van der Waals surface area contributed by atoms with Gasteiger partial charge in [0.05, 0.1) is 17.7 Å². The van der Waals surface area contributed by atoms with Crippen LogP contribution in [0, 0.1) is 5.92 Å². The first-order chi connectivity index (χ1) is 12.9. The van der Waals surface area contributed by atoms with Gasteiger partial charge in [-0.3, -0.25) is 4.79 Å². The highest BCUT2D eigenvalue weighted by Gasteiger charge is 2.32. The van der Waals surface area contributed by atoms with Crippen molar-refractivity contribution in [1.82, 2.24) is 9.62 Å². The lowest BCUT2D eigenvalue weighted by molar-refractivity contribution is -0.126. The molecule has 8 heteroatoms. The van der Waals surface area contributed by atoms with Gasteiger partial charge in [0.2, 0.25) is 15.9 Å². The van der Waals surface area contributed by atoms with Crippen molar-refractivity contribution in [3.8, 4) is 11.5 Å². The minimum atomic E-state index is -3.27. The van der Waals surface area contributed by atoms with Gasteiger partial charge >= 0.3 is 0 Å². The third-order valence-electron chi connectivity index (χ3n) is 5.04. The SMILES string of the molecule is CCCS(=O)(=O)N1CCC[C@@H](C(=O)N[C@H](C)c2ccc3c(c2)OCCO3)C1. The van der Waals surface area contributed by atoms with E-state index in [4.69, 9.17) is 9.47 Å². The fourth-order valence-corrected chi connectivity index (χ4v) is 5.13. The standard InChI is InChI=1S/C19H28N2O5S/c1-3-11-27(23,24)21-8-4-5-16(13-21)19(22)20-14(2)15-6-7-17-18(12-15)26-10-9-25-17/h6-7,12,14,16H,3-5,8-11,13H2,1-2H3,(H,20,22)/t14-,16-/m1/s1. The first-order valence-corrected chi connectivity index (χ1v) is 11.2. The third-order valence-corrected chi connectivity index (χ3v) is 7.08. The van der Waals surface area contributed by atoms with E-state index in [2.05, 4.69) is 5.32 Å². The lowest BCUT2D eigenvalue weighted by Gasteiger charge is -2.32. The second-order valence-electron chi connectivity index (χ2n) is 7.15. The van der Waals surface area contributed by atoms with Crippen molar-refractivity contribution in [1.29, 1.82) is 0 Å². The van der Waals surface area contributed by atoms with Crippen LogP contribution in [-0.2, 0) is 14.8 Å². The van der Waals surface area contributed by atoms with Gasteiger partial charge in [0.1, 0.15) is 13.2 Å². The van der Waals surface area contributed by atoms with Crippen molar-refractivity contribution >= 4 is 15.9 Å². The van der Waals surface area contributed by atoms with Gasteiger partial charge in [-0.2, -0.15) is 0 Å². The summed E-state index contributed by atoms with van der Waals surface area (Å²) in [5.74, 6) is 1.12. The summed E-state index contributed by atoms with van der Waals surface area (Å²) in [6.45, 7) is 5.59. The molecule has 7 nitrogen and oxygen atoms in total. The van der Waals surface area contributed by atoms with Crippen LogP contribution in [0.5, 0.6) is 11.5 Å². The maximum atomic E-state index is 12.7. The van der Waals surface area contributed by atoms with Gasteiger partial charge in [0.15, 0.2) is 11.5 Å². The van der Waals surface area contributed by atoms with Crippen molar-refractivity contribution in [2.24, 2.45) is 5.92 Å². The molecule has 1 fully saturated rings. The normalized spacial score (nSPS) is 21.5. The van der Waals surface area contributed by atoms with Crippen molar-refractivity contribution in [2.75, 3.05) is 32.1 Å². The average molecular weight is 397 g/mol. The van der Waals surface area contributed by atoms with Crippen LogP contribution in [0.2, 0.25) is 0 Å². The second-order valence-corrected chi connectivity index (χ2v) is 9.24. The molecule has 3 rings (SSSR count). The summed E-state index contributed by atoms with van der Waals surface area (Å²) in [6, 6.07) is 5.46. The van der Waals surface area contributed by atoms with E-state index < -0.39 is 10.0 Å². The Balaban J connectivity index is 1.62. The van der Waals surface area contributed by atoms with E-state index in [9.17, 15) is 13.2 Å². The second kappa shape index (κ2) is 8.48. The zero-order valence-corrected chi connectivity index (χ0v) is 16.8. The molecule has 2 aliphatic rings. The highest BCUT2D eigenvalue weighted by molar-refractivity contribution is 7.89. The van der Waals surface area contributed by atoms with Crippen LogP contribution in [0.1, 0.15) is 44.7 Å². The number of carbonyl (C=O) groups excluding carboxylic acids is 1. The zero-order valence-electron chi connectivity index (χ0n) is 15.9. The van der Waals surface area contributed by atoms with Crippen LogP contribution < -0.4 is 14.8 Å². The number of benzene rings is 1. The number of piperidine rings is 1. The molecule has 150 valence electrons. The quantitative estimate of drug-likeness (QED) is 0.796. The molecule has 2 aliphatic heterocycles. The Hall–Kier alpha value is -1.80. The predicted molar refractivity (Wildman–Crippen MR) is 102 cm³/mol. The largest absolute Gasteiger partial charge is 0.486 e. The number of amides is 1. The summed E-state index contributed by atoms with van der Waals surface area (Å²) in [7, 11) is -3.27. The van der Waals surface area contributed by atoms with Gasteiger partial charge in [-0.25, -0.2) is 12.7 Å². The van der Waals surface area contributed by atoms with Crippen LogP contribution in [0.25, 0.3) is 0 Å². The Labute approximate surface area is 161 Å². The van der Waals surface area contributed by atoms with E-state index in [-0.39, 0.29) is 30.2 Å². The Kier molecular flexibility index (Phi) is 6.26. The summed E-state index contributed by atoms with van der Waals surface area (Å²) in [5.41, 5.74) is 0.930. The molecule has 0 bridgehead atoms. The van der Waals surface area contributed by atoms with Crippen molar-refractivity contribution in [3.63, 3.8) is 0 Å². The highest BCUT2D eigenvalue weighted by atomic mass is 32.2. The van der Waals surface area contributed by atoms with Crippen LogP contribution in [0.4, 0.5) is 0 Å². The summed E-state index contributed by atoms with van der Waals surface area (Å²) in [4.78, 5) is 12.7. The monoisotopic (exact) mass is 396 g/mol. The molecular weight excluding hydrogens is 368 g/mol. The number of sulfonamides is 1. The van der Waals surface area contributed by atoms with E-state index in [0.717, 1.165) is 5.56 Å². The number of rotatable bonds is 6. The molecule has 1 saturated heterocycles. The summed E-state index contributed by atoms with van der Waals surface area (Å²) < 4.78 is 37.2. The first kappa shape index (κ1) is 19.9. The van der Waals surface area contributed by atoms with Gasteiger partial charge in [-0.05, 0) is 43.9 Å². The molecular formula is C19H28N2O5S. The number of nitrogens with zero attached hydrogens (tertiary/aromatic N) is 1. The number of nitrogens with one attached hydrogen (secondary N) is 1. The van der Waals surface area contributed by atoms with E-state index in [1.807, 2.05) is 32.0 Å². The van der Waals surface area contributed by atoms with E-state index in [0.29, 0.717) is 50.5 Å². The van der Waals surface area contributed by atoms with E-state index >= 15 is 0 Å². The fourth-order valence-electron chi connectivity index (χ4n) is 3.54. The van der Waals surface area contributed by atoms with E-state index in [1.54, 1.807) is 0 Å². The van der Waals surface area contributed by atoms with Crippen LogP contribution >= 0.6 is 0 Å². The maximum Gasteiger partial charge on any atom is 0.224 e. The van der Waals surface area contributed by atoms with Gasteiger partial charge < -0.3 is 14.8 Å². The van der Waals surface area contributed by atoms with E-state index in [1.165, 1.54) is 4.31 Å². The molecule has 2 atom stereocenters. The number of hydrogen-bond acceptors (Lipinski definition) is 5.